The summed E-state index contributed by atoms with van der Waals surface area (Å²) in [5, 5.41) is 2.32. The van der Waals surface area contributed by atoms with Gasteiger partial charge in [-0.2, -0.15) is 13.2 Å². The lowest BCUT2D eigenvalue weighted by molar-refractivity contribution is -0.137. The quantitative estimate of drug-likeness (QED) is 0.888. The van der Waals surface area contributed by atoms with Gasteiger partial charge in [-0.05, 0) is 38.5 Å². The SMILES string of the molecule is CC(C)(N)CCC(=O)Nc1ccc(C(F)(F)F)cc1Cl. The Morgan fingerprint density at radius 3 is 2.40 bits per heavy atom. The van der Waals surface area contributed by atoms with Crippen LogP contribution in [0.3, 0.4) is 0 Å². The topological polar surface area (TPSA) is 55.1 Å². The van der Waals surface area contributed by atoms with Crippen LogP contribution in [0.2, 0.25) is 5.02 Å². The predicted molar refractivity (Wildman–Crippen MR) is 72.6 cm³/mol. The Kier molecular flexibility index (Phi) is 5.05. The number of benzene rings is 1. The van der Waals surface area contributed by atoms with Crippen molar-refractivity contribution < 1.29 is 18.0 Å². The molecule has 7 heteroatoms. The highest BCUT2D eigenvalue weighted by molar-refractivity contribution is 6.33. The first kappa shape index (κ1) is 16.8. The highest BCUT2D eigenvalue weighted by Crippen LogP contribution is 2.33. The molecule has 1 rings (SSSR count). The standard InChI is InChI=1S/C13H16ClF3N2O/c1-12(2,18)6-5-11(20)19-10-4-3-8(7-9(10)14)13(15,16)17/h3-4,7H,5-6,18H2,1-2H3,(H,19,20). The predicted octanol–water partition coefficient (Wildman–Crippen LogP) is 3.81. The smallest absolute Gasteiger partial charge is 0.326 e. The molecular weight excluding hydrogens is 293 g/mol. The van der Waals surface area contributed by atoms with Gasteiger partial charge in [-0.25, -0.2) is 0 Å². The van der Waals surface area contributed by atoms with Gasteiger partial charge < -0.3 is 11.1 Å². The van der Waals surface area contributed by atoms with E-state index in [4.69, 9.17) is 17.3 Å². The lowest BCUT2D eigenvalue weighted by atomic mass is 10.00. The van der Waals surface area contributed by atoms with Crippen molar-refractivity contribution in [2.75, 3.05) is 5.32 Å². The molecule has 1 aromatic carbocycles. The van der Waals surface area contributed by atoms with Gasteiger partial charge in [0.2, 0.25) is 5.91 Å². The largest absolute Gasteiger partial charge is 0.416 e. The molecule has 0 heterocycles. The molecule has 112 valence electrons. The van der Waals surface area contributed by atoms with E-state index in [0.717, 1.165) is 18.2 Å². The van der Waals surface area contributed by atoms with E-state index in [1.807, 2.05) is 0 Å². The molecular formula is C13H16ClF3N2O. The third-order valence-corrected chi connectivity index (χ3v) is 2.88. The van der Waals surface area contributed by atoms with Crippen LogP contribution in [-0.2, 0) is 11.0 Å². The molecule has 3 nitrogen and oxygen atoms in total. The van der Waals surface area contributed by atoms with Gasteiger partial charge in [0.15, 0.2) is 0 Å². The van der Waals surface area contributed by atoms with Gasteiger partial charge in [0, 0.05) is 12.0 Å². The molecule has 0 fully saturated rings. The zero-order valence-electron chi connectivity index (χ0n) is 11.1. The second-order valence-electron chi connectivity index (χ2n) is 5.23. The van der Waals surface area contributed by atoms with Crippen LogP contribution in [0.4, 0.5) is 18.9 Å². The Labute approximate surface area is 120 Å². The normalized spacial score (nSPS) is 12.3. The second-order valence-corrected chi connectivity index (χ2v) is 5.64. The van der Waals surface area contributed by atoms with Crippen molar-refractivity contribution in [1.29, 1.82) is 0 Å². The number of hydrogen-bond donors (Lipinski definition) is 2. The molecule has 0 unspecified atom stereocenters. The Morgan fingerprint density at radius 1 is 1.35 bits per heavy atom. The molecule has 0 saturated heterocycles. The van der Waals surface area contributed by atoms with Crippen LogP contribution < -0.4 is 11.1 Å². The highest BCUT2D eigenvalue weighted by atomic mass is 35.5. The number of carbonyl (C=O) groups is 1. The fraction of sp³-hybridized carbons (Fsp3) is 0.462. The van der Waals surface area contributed by atoms with Gasteiger partial charge in [0.1, 0.15) is 0 Å². The maximum absolute atomic E-state index is 12.5. The molecule has 0 aliphatic carbocycles. The summed E-state index contributed by atoms with van der Waals surface area (Å²) in [6, 6.07) is 2.79. The maximum Gasteiger partial charge on any atom is 0.416 e. The highest BCUT2D eigenvalue weighted by Gasteiger charge is 2.31. The minimum atomic E-state index is -4.46. The number of nitrogens with two attached hydrogens (primary N) is 1. The van der Waals surface area contributed by atoms with Crippen LogP contribution in [0.1, 0.15) is 32.3 Å². The van der Waals surface area contributed by atoms with Crippen molar-refractivity contribution in [3.8, 4) is 0 Å². The van der Waals surface area contributed by atoms with E-state index in [1.165, 1.54) is 0 Å². The van der Waals surface area contributed by atoms with E-state index in [1.54, 1.807) is 13.8 Å². The lowest BCUT2D eigenvalue weighted by Gasteiger charge is -2.18. The van der Waals surface area contributed by atoms with Gasteiger partial charge in [0.25, 0.3) is 0 Å². The first-order valence-corrected chi connectivity index (χ1v) is 6.32. The molecule has 20 heavy (non-hydrogen) atoms. The van der Waals surface area contributed by atoms with Crippen LogP contribution in [0.25, 0.3) is 0 Å². The molecule has 0 saturated carbocycles. The summed E-state index contributed by atoms with van der Waals surface area (Å²) >= 11 is 5.73. The Morgan fingerprint density at radius 2 is 1.95 bits per heavy atom. The Balaban J connectivity index is 2.72. The number of anilines is 1. The van der Waals surface area contributed by atoms with E-state index < -0.39 is 17.3 Å². The lowest BCUT2D eigenvalue weighted by Crippen LogP contribution is -2.33. The Bertz CT molecular complexity index is 495. The van der Waals surface area contributed by atoms with Crippen LogP contribution in [0, 0.1) is 0 Å². The zero-order valence-corrected chi connectivity index (χ0v) is 11.9. The average molecular weight is 309 g/mol. The summed E-state index contributed by atoms with van der Waals surface area (Å²) in [6.45, 7) is 3.57. The van der Waals surface area contributed by atoms with Crippen LogP contribution in [0.15, 0.2) is 18.2 Å². The number of rotatable bonds is 4. The molecule has 3 N–H and O–H groups in total. The van der Waals surface area contributed by atoms with Gasteiger partial charge >= 0.3 is 6.18 Å². The fourth-order valence-corrected chi connectivity index (χ4v) is 1.67. The number of amides is 1. The first-order valence-electron chi connectivity index (χ1n) is 5.94. The summed E-state index contributed by atoms with van der Waals surface area (Å²) < 4.78 is 37.4. The van der Waals surface area contributed by atoms with E-state index in [9.17, 15) is 18.0 Å². The first-order chi connectivity index (χ1) is 8.99. The number of halogens is 4. The van der Waals surface area contributed by atoms with Gasteiger partial charge in [0.05, 0.1) is 16.3 Å². The van der Waals surface area contributed by atoms with Gasteiger partial charge in [-0.3, -0.25) is 4.79 Å². The zero-order chi connectivity index (χ0) is 15.6. The monoisotopic (exact) mass is 308 g/mol. The van der Waals surface area contributed by atoms with E-state index in [-0.39, 0.29) is 23.0 Å². The molecule has 0 aliphatic rings. The van der Waals surface area contributed by atoms with E-state index >= 15 is 0 Å². The molecule has 0 spiro atoms. The number of nitrogens with one attached hydrogen (secondary N) is 1. The van der Waals surface area contributed by atoms with E-state index in [0.29, 0.717) is 6.42 Å². The van der Waals surface area contributed by atoms with Crippen LogP contribution in [0.5, 0.6) is 0 Å². The van der Waals surface area contributed by atoms with Crippen molar-refractivity contribution in [1.82, 2.24) is 0 Å². The van der Waals surface area contributed by atoms with E-state index in [2.05, 4.69) is 5.32 Å². The minimum absolute atomic E-state index is 0.152. The number of carbonyl (C=O) groups excluding carboxylic acids is 1. The average Bonchev–Trinajstić information content (AvgIpc) is 2.27. The third-order valence-electron chi connectivity index (χ3n) is 2.57. The summed E-state index contributed by atoms with van der Waals surface area (Å²) in [5.74, 6) is -0.342. The molecule has 1 amide bonds. The molecule has 0 aromatic heterocycles. The molecule has 0 bridgehead atoms. The molecule has 1 aromatic rings. The fourth-order valence-electron chi connectivity index (χ4n) is 1.44. The van der Waals surface area contributed by atoms with Crippen molar-refractivity contribution in [2.45, 2.75) is 38.4 Å². The summed E-state index contributed by atoms with van der Waals surface area (Å²) in [5.41, 5.74) is 4.55. The minimum Gasteiger partial charge on any atom is -0.326 e. The summed E-state index contributed by atoms with van der Waals surface area (Å²) in [7, 11) is 0. The van der Waals surface area contributed by atoms with Gasteiger partial charge in [-0.1, -0.05) is 11.6 Å². The summed E-state index contributed by atoms with van der Waals surface area (Å²) in [6.07, 6.45) is -3.84. The molecule has 0 atom stereocenters. The van der Waals surface area contributed by atoms with Crippen LogP contribution >= 0.6 is 11.6 Å². The van der Waals surface area contributed by atoms with Crippen molar-refractivity contribution in [3.63, 3.8) is 0 Å². The molecule has 0 aliphatic heterocycles. The third kappa shape index (κ3) is 5.38. The Hall–Kier alpha value is -1.27. The van der Waals surface area contributed by atoms with Crippen molar-refractivity contribution >= 4 is 23.2 Å². The number of hydrogen-bond acceptors (Lipinski definition) is 2. The summed E-state index contributed by atoms with van der Waals surface area (Å²) in [4.78, 5) is 11.6. The van der Waals surface area contributed by atoms with Crippen molar-refractivity contribution in [3.05, 3.63) is 28.8 Å². The maximum atomic E-state index is 12.5. The van der Waals surface area contributed by atoms with Crippen LogP contribution in [-0.4, -0.2) is 11.4 Å². The number of alkyl halides is 3. The van der Waals surface area contributed by atoms with Crippen molar-refractivity contribution in [2.24, 2.45) is 5.73 Å². The van der Waals surface area contributed by atoms with Gasteiger partial charge in [-0.15, -0.1) is 0 Å². The molecule has 0 radical (unpaired) electrons. The second kappa shape index (κ2) is 6.01.